The molecule has 1 fully saturated rings. The number of ketones is 1. The number of amides is 1. The first-order chi connectivity index (χ1) is 14.2. The maximum atomic E-state index is 13.2. The van der Waals surface area contributed by atoms with Crippen LogP contribution in [0.3, 0.4) is 0 Å². The van der Waals surface area contributed by atoms with Crippen LogP contribution in [0.4, 0.5) is 5.69 Å². The van der Waals surface area contributed by atoms with Crippen molar-refractivity contribution in [2.24, 2.45) is 5.92 Å². The maximum Gasteiger partial charge on any atom is 0.244 e. The van der Waals surface area contributed by atoms with E-state index in [1.54, 1.807) is 7.11 Å². The minimum absolute atomic E-state index is 0.102. The summed E-state index contributed by atoms with van der Waals surface area (Å²) in [4.78, 5) is 25.9. The highest BCUT2D eigenvalue weighted by Crippen LogP contribution is 2.31. The monoisotopic (exact) mass is 390 g/mol. The Morgan fingerprint density at radius 3 is 2.55 bits per heavy atom. The van der Waals surface area contributed by atoms with Crippen molar-refractivity contribution in [3.8, 4) is 5.75 Å². The second-order valence-electron chi connectivity index (χ2n) is 7.64. The molecule has 1 amide bonds. The van der Waals surface area contributed by atoms with Crippen LogP contribution in [0.1, 0.15) is 42.5 Å². The van der Waals surface area contributed by atoms with E-state index in [0.29, 0.717) is 11.4 Å². The van der Waals surface area contributed by atoms with Gasteiger partial charge in [0.1, 0.15) is 12.3 Å². The second kappa shape index (κ2) is 8.52. The van der Waals surface area contributed by atoms with Crippen molar-refractivity contribution >= 4 is 28.3 Å². The molecule has 3 aromatic rings. The molecule has 2 aromatic carbocycles. The van der Waals surface area contributed by atoms with E-state index in [9.17, 15) is 9.59 Å². The van der Waals surface area contributed by atoms with Crippen LogP contribution in [-0.4, -0.2) is 23.4 Å². The number of benzene rings is 2. The van der Waals surface area contributed by atoms with Crippen molar-refractivity contribution < 1.29 is 14.3 Å². The third-order valence-corrected chi connectivity index (χ3v) is 5.73. The lowest BCUT2D eigenvalue weighted by Gasteiger charge is -2.19. The van der Waals surface area contributed by atoms with Gasteiger partial charge in [-0.15, -0.1) is 0 Å². The number of hydrogen-bond acceptors (Lipinski definition) is 3. The van der Waals surface area contributed by atoms with Crippen LogP contribution >= 0.6 is 0 Å². The van der Waals surface area contributed by atoms with Crippen LogP contribution in [-0.2, 0) is 11.3 Å². The zero-order valence-corrected chi connectivity index (χ0v) is 16.7. The molecule has 150 valence electrons. The van der Waals surface area contributed by atoms with Gasteiger partial charge in [-0.05, 0) is 31.0 Å². The highest BCUT2D eigenvalue weighted by Gasteiger charge is 2.25. The molecule has 1 aromatic heterocycles. The fourth-order valence-electron chi connectivity index (χ4n) is 4.25. The van der Waals surface area contributed by atoms with E-state index < -0.39 is 0 Å². The van der Waals surface area contributed by atoms with Gasteiger partial charge in [0.15, 0.2) is 5.78 Å². The van der Waals surface area contributed by atoms with Gasteiger partial charge in [-0.2, -0.15) is 0 Å². The number of para-hydroxylation sites is 3. The van der Waals surface area contributed by atoms with Crippen LogP contribution < -0.4 is 10.1 Å². The zero-order chi connectivity index (χ0) is 20.2. The van der Waals surface area contributed by atoms with Crippen molar-refractivity contribution in [3.05, 3.63) is 60.3 Å². The zero-order valence-electron chi connectivity index (χ0n) is 16.7. The van der Waals surface area contributed by atoms with Gasteiger partial charge in [-0.25, -0.2) is 0 Å². The highest BCUT2D eigenvalue weighted by molar-refractivity contribution is 6.09. The van der Waals surface area contributed by atoms with Gasteiger partial charge >= 0.3 is 0 Å². The second-order valence-corrected chi connectivity index (χ2v) is 7.64. The van der Waals surface area contributed by atoms with Gasteiger partial charge < -0.3 is 14.6 Å². The summed E-state index contributed by atoms with van der Waals surface area (Å²) >= 11 is 0. The van der Waals surface area contributed by atoms with Crippen LogP contribution in [0.5, 0.6) is 5.75 Å². The number of hydrogen-bond donors (Lipinski definition) is 1. The van der Waals surface area contributed by atoms with Crippen molar-refractivity contribution in [1.29, 1.82) is 0 Å². The molecule has 4 rings (SSSR count). The Labute approximate surface area is 170 Å². The summed E-state index contributed by atoms with van der Waals surface area (Å²) in [7, 11) is 1.58. The quantitative estimate of drug-likeness (QED) is 0.599. The number of methoxy groups -OCH3 is 1. The number of aromatic nitrogens is 1. The number of ether oxygens (including phenoxy) is 1. The standard InChI is InChI=1S/C24H26N2O3/c1-29-22-14-8-6-12-20(22)25-23(27)16-26-15-19(18-11-5-7-13-21(18)26)24(28)17-9-3-2-4-10-17/h5-8,11-15,17H,2-4,9-10,16H2,1H3,(H,25,27). The fraction of sp³-hybridized carbons (Fsp3) is 0.333. The molecule has 5 heteroatoms. The molecule has 0 aliphatic heterocycles. The molecule has 1 saturated carbocycles. The number of fused-ring (bicyclic) bond motifs is 1. The number of carbonyl (C=O) groups excluding carboxylic acids is 2. The first-order valence-corrected chi connectivity index (χ1v) is 10.2. The van der Waals surface area contributed by atoms with Crippen LogP contribution in [0.15, 0.2) is 54.7 Å². The molecule has 0 atom stereocenters. The van der Waals surface area contributed by atoms with E-state index in [4.69, 9.17) is 4.74 Å². The van der Waals surface area contributed by atoms with E-state index in [-0.39, 0.29) is 24.2 Å². The summed E-state index contributed by atoms with van der Waals surface area (Å²) in [5.74, 6) is 0.772. The largest absolute Gasteiger partial charge is 0.495 e. The molecular weight excluding hydrogens is 364 g/mol. The third-order valence-electron chi connectivity index (χ3n) is 5.73. The average Bonchev–Trinajstić information content (AvgIpc) is 3.12. The minimum Gasteiger partial charge on any atom is -0.495 e. The average molecular weight is 390 g/mol. The van der Waals surface area contributed by atoms with E-state index in [2.05, 4.69) is 5.32 Å². The van der Waals surface area contributed by atoms with E-state index in [1.165, 1.54) is 6.42 Å². The Hall–Kier alpha value is -3.08. The van der Waals surface area contributed by atoms with E-state index >= 15 is 0 Å². The molecule has 5 nitrogen and oxygen atoms in total. The fourth-order valence-corrected chi connectivity index (χ4v) is 4.25. The lowest BCUT2D eigenvalue weighted by molar-refractivity contribution is -0.116. The molecule has 1 N–H and O–H groups in total. The summed E-state index contributed by atoms with van der Waals surface area (Å²) in [6, 6.07) is 15.1. The predicted octanol–water partition coefficient (Wildman–Crippen LogP) is 5.05. The maximum absolute atomic E-state index is 13.2. The summed E-state index contributed by atoms with van der Waals surface area (Å²) in [6.07, 6.45) is 7.24. The summed E-state index contributed by atoms with van der Waals surface area (Å²) < 4.78 is 7.17. The molecule has 1 heterocycles. The van der Waals surface area contributed by atoms with Gasteiger partial charge in [0.2, 0.25) is 5.91 Å². The molecular formula is C24H26N2O3. The number of rotatable bonds is 6. The highest BCUT2D eigenvalue weighted by atomic mass is 16.5. The van der Waals surface area contributed by atoms with Crippen LogP contribution in [0.25, 0.3) is 10.9 Å². The summed E-state index contributed by atoms with van der Waals surface area (Å²) in [5.41, 5.74) is 2.27. The lowest BCUT2D eigenvalue weighted by atomic mass is 9.84. The van der Waals surface area contributed by atoms with Gasteiger partial charge in [-0.3, -0.25) is 9.59 Å². The van der Waals surface area contributed by atoms with Crippen molar-refractivity contribution in [2.45, 2.75) is 38.6 Å². The summed E-state index contributed by atoms with van der Waals surface area (Å²) in [6.45, 7) is 0.135. The molecule has 0 bridgehead atoms. The first-order valence-electron chi connectivity index (χ1n) is 10.2. The number of anilines is 1. The minimum atomic E-state index is -0.160. The predicted molar refractivity (Wildman–Crippen MR) is 114 cm³/mol. The van der Waals surface area contributed by atoms with E-state index in [0.717, 1.165) is 42.1 Å². The smallest absolute Gasteiger partial charge is 0.244 e. The number of carbonyl (C=O) groups is 2. The van der Waals surface area contributed by atoms with Crippen molar-refractivity contribution in [3.63, 3.8) is 0 Å². The molecule has 1 aliphatic carbocycles. The summed E-state index contributed by atoms with van der Waals surface area (Å²) in [5, 5.41) is 3.83. The van der Waals surface area contributed by atoms with Gasteiger partial charge in [0.25, 0.3) is 0 Å². The molecule has 0 unspecified atom stereocenters. The van der Waals surface area contributed by atoms with Gasteiger partial charge in [0, 0.05) is 28.6 Å². The SMILES string of the molecule is COc1ccccc1NC(=O)Cn1cc(C(=O)C2CCCCC2)c2ccccc21. The normalized spacial score (nSPS) is 14.7. The lowest BCUT2D eigenvalue weighted by Crippen LogP contribution is -2.19. The Morgan fingerprint density at radius 2 is 1.76 bits per heavy atom. The molecule has 0 radical (unpaired) electrons. The van der Waals surface area contributed by atoms with Crippen molar-refractivity contribution in [2.75, 3.05) is 12.4 Å². The first kappa shape index (κ1) is 19.2. The molecule has 1 aliphatic rings. The Balaban J connectivity index is 1.59. The Kier molecular flexibility index (Phi) is 5.65. The van der Waals surface area contributed by atoms with Crippen molar-refractivity contribution in [1.82, 2.24) is 4.57 Å². The number of nitrogens with zero attached hydrogens (tertiary/aromatic N) is 1. The molecule has 0 spiro atoms. The van der Waals surface area contributed by atoms with E-state index in [1.807, 2.05) is 59.3 Å². The topological polar surface area (TPSA) is 60.3 Å². The Morgan fingerprint density at radius 1 is 1.03 bits per heavy atom. The Bertz CT molecular complexity index is 1030. The molecule has 29 heavy (non-hydrogen) atoms. The van der Waals surface area contributed by atoms with Gasteiger partial charge in [0.05, 0.1) is 12.8 Å². The van der Waals surface area contributed by atoms with Crippen LogP contribution in [0, 0.1) is 5.92 Å². The van der Waals surface area contributed by atoms with Crippen LogP contribution in [0.2, 0.25) is 0 Å². The molecule has 0 saturated heterocycles. The number of nitrogens with one attached hydrogen (secondary N) is 1. The third kappa shape index (κ3) is 4.04. The number of Topliss-reactive ketones (excluding diaryl/α,β-unsaturated/α-hetero) is 1. The van der Waals surface area contributed by atoms with Gasteiger partial charge in [-0.1, -0.05) is 49.6 Å².